The third-order valence-electron chi connectivity index (χ3n) is 5.29. The van der Waals surface area contributed by atoms with Crippen molar-refractivity contribution in [1.29, 1.82) is 0 Å². The first-order valence-corrected chi connectivity index (χ1v) is 9.85. The van der Waals surface area contributed by atoms with Crippen LogP contribution in [-0.2, 0) is 0 Å². The summed E-state index contributed by atoms with van der Waals surface area (Å²) in [4.78, 5) is 25.4. The number of carbonyl (C=O) groups is 1. The van der Waals surface area contributed by atoms with Crippen molar-refractivity contribution in [2.75, 3.05) is 47.0 Å². The summed E-state index contributed by atoms with van der Waals surface area (Å²) in [6, 6.07) is 1.83. The van der Waals surface area contributed by atoms with Crippen LogP contribution in [0.2, 0.25) is 0 Å². The molecule has 0 spiro atoms. The third-order valence-corrected chi connectivity index (χ3v) is 5.29. The summed E-state index contributed by atoms with van der Waals surface area (Å²) in [5, 5.41) is 14.6. The largest absolute Gasteiger partial charge is 0.381 e. The molecular weight excluding hydrogens is 419 g/mol. The number of hydrogen-bond acceptors (Lipinski definition) is 10. The number of nitrogens with zero attached hydrogens (tertiary/aromatic N) is 8. The van der Waals surface area contributed by atoms with Crippen molar-refractivity contribution < 1.29 is 13.8 Å². The van der Waals surface area contributed by atoms with E-state index in [-0.39, 0.29) is 17.0 Å². The number of nitrogen functional groups attached to an aromatic ring is 1. The predicted octanol–water partition coefficient (Wildman–Crippen LogP) is 1.12. The van der Waals surface area contributed by atoms with Crippen LogP contribution in [0.15, 0.2) is 35.5 Å². The van der Waals surface area contributed by atoms with Crippen molar-refractivity contribution >= 4 is 34.6 Å². The van der Waals surface area contributed by atoms with Gasteiger partial charge in [0, 0.05) is 32.4 Å². The zero-order valence-electron chi connectivity index (χ0n) is 17.1. The van der Waals surface area contributed by atoms with Crippen molar-refractivity contribution in [2.45, 2.75) is 6.92 Å². The molecule has 1 aliphatic heterocycles. The number of pyridine rings is 1. The summed E-state index contributed by atoms with van der Waals surface area (Å²) < 4.78 is 19.4. The van der Waals surface area contributed by atoms with Gasteiger partial charge in [0.25, 0.3) is 5.91 Å². The fourth-order valence-corrected chi connectivity index (χ4v) is 3.76. The molecular formula is C19H19FN10O2. The van der Waals surface area contributed by atoms with Crippen molar-refractivity contribution in [3.8, 4) is 0 Å². The fraction of sp³-hybridized carbons (Fsp3) is 0.263. The Morgan fingerprint density at radius 2 is 1.97 bits per heavy atom. The maximum atomic E-state index is 13.4. The van der Waals surface area contributed by atoms with Crippen molar-refractivity contribution in [3.63, 3.8) is 0 Å². The second kappa shape index (κ2) is 7.76. The summed E-state index contributed by atoms with van der Waals surface area (Å²) in [5.41, 5.74) is 8.22. The van der Waals surface area contributed by atoms with E-state index in [9.17, 15) is 9.18 Å². The van der Waals surface area contributed by atoms with Gasteiger partial charge in [-0.2, -0.15) is 0 Å². The topological polar surface area (TPSA) is 144 Å². The number of rotatable bonds is 4. The van der Waals surface area contributed by atoms with Gasteiger partial charge >= 0.3 is 0 Å². The molecule has 0 radical (unpaired) electrons. The normalized spacial score (nSPS) is 14.2. The number of nitrogens with one attached hydrogen (secondary N) is 1. The Morgan fingerprint density at radius 3 is 2.72 bits per heavy atom. The number of carbonyl (C=O) groups excluding carboxylic acids is 1. The van der Waals surface area contributed by atoms with Crippen LogP contribution in [-0.4, -0.2) is 62.0 Å². The quantitative estimate of drug-likeness (QED) is 0.475. The SMILES string of the molecule is Cc1nonc1N1CCN(c2ccncc2NC(=O)c2c(N)nn3cc(F)cnc23)CC1. The molecule has 5 heterocycles. The van der Waals surface area contributed by atoms with E-state index in [0.29, 0.717) is 31.9 Å². The highest BCUT2D eigenvalue weighted by molar-refractivity contribution is 6.12. The van der Waals surface area contributed by atoms with Crippen LogP contribution in [0.4, 0.5) is 27.4 Å². The van der Waals surface area contributed by atoms with E-state index in [4.69, 9.17) is 10.4 Å². The zero-order valence-corrected chi connectivity index (χ0v) is 17.1. The first kappa shape index (κ1) is 19.7. The lowest BCUT2D eigenvalue weighted by atomic mass is 10.2. The van der Waals surface area contributed by atoms with Crippen LogP contribution in [0.25, 0.3) is 5.65 Å². The number of halogens is 1. The van der Waals surface area contributed by atoms with Crippen LogP contribution in [0.3, 0.4) is 0 Å². The minimum absolute atomic E-state index is 0.0451. The monoisotopic (exact) mass is 438 g/mol. The van der Waals surface area contributed by atoms with Crippen LogP contribution in [0.1, 0.15) is 16.1 Å². The molecule has 0 bridgehead atoms. The van der Waals surface area contributed by atoms with Crippen LogP contribution in [0, 0.1) is 12.7 Å². The second-order valence-corrected chi connectivity index (χ2v) is 7.29. The van der Waals surface area contributed by atoms with Crippen molar-refractivity contribution in [3.05, 3.63) is 47.9 Å². The van der Waals surface area contributed by atoms with E-state index in [1.807, 2.05) is 13.0 Å². The summed E-state index contributed by atoms with van der Waals surface area (Å²) in [6.07, 6.45) is 5.35. The Hall–Kier alpha value is -4.29. The molecule has 12 nitrogen and oxygen atoms in total. The molecule has 1 aliphatic rings. The van der Waals surface area contributed by atoms with Crippen LogP contribution < -0.4 is 20.9 Å². The standard InChI is InChI=1S/C19H19FN10O2/c1-11-17(27-32-26-11)29-6-4-28(5-7-29)14-2-3-22-9-13(14)24-19(31)15-16(21)25-30-10-12(20)8-23-18(15)30/h2-3,8-10H,4-7H2,1H3,(H2,21,25)(H,24,31). The number of fused-ring (bicyclic) bond motifs is 1. The van der Waals surface area contributed by atoms with E-state index >= 15 is 0 Å². The Labute approximate surface area is 180 Å². The molecule has 13 heteroatoms. The van der Waals surface area contributed by atoms with E-state index in [1.165, 1.54) is 0 Å². The molecule has 0 atom stereocenters. The summed E-state index contributed by atoms with van der Waals surface area (Å²) in [7, 11) is 0. The minimum Gasteiger partial charge on any atom is -0.381 e. The Kier molecular flexibility index (Phi) is 4.77. The second-order valence-electron chi connectivity index (χ2n) is 7.29. The molecule has 0 saturated carbocycles. The van der Waals surface area contributed by atoms with Crippen molar-refractivity contribution in [2.24, 2.45) is 0 Å². The average Bonchev–Trinajstić information content (AvgIpc) is 3.36. The van der Waals surface area contributed by atoms with Gasteiger partial charge in [-0.3, -0.25) is 9.78 Å². The predicted molar refractivity (Wildman–Crippen MR) is 113 cm³/mol. The summed E-state index contributed by atoms with van der Waals surface area (Å²) in [5.74, 6) is -0.400. The molecule has 1 fully saturated rings. The van der Waals surface area contributed by atoms with Gasteiger partial charge in [-0.15, -0.1) is 5.10 Å². The lowest BCUT2D eigenvalue weighted by Crippen LogP contribution is -2.47. The molecule has 32 heavy (non-hydrogen) atoms. The number of anilines is 4. The minimum atomic E-state index is -0.586. The Morgan fingerprint density at radius 1 is 1.19 bits per heavy atom. The molecule has 0 aliphatic carbocycles. The average molecular weight is 438 g/mol. The van der Waals surface area contributed by atoms with Gasteiger partial charge in [-0.25, -0.2) is 18.5 Å². The molecule has 0 aromatic carbocycles. The van der Waals surface area contributed by atoms with Gasteiger partial charge in [-0.1, -0.05) is 5.16 Å². The number of hydrogen-bond donors (Lipinski definition) is 2. The first-order chi connectivity index (χ1) is 15.5. The van der Waals surface area contributed by atoms with Gasteiger partial charge in [0.05, 0.1) is 30.0 Å². The lowest BCUT2D eigenvalue weighted by molar-refractivity contribution is 0.102. The van der Waals surface area contributed by atoms with Crippen molar-refractivity contribution in [1.82, 2.24) is 29.9 Å². The number of aromatic nitrogens is 6. The van der Waals surface area contributed by atoms with Gasteiger partial charge in [-0.05, 0) is 18.1 Å². The first-order valence-electron chi connectivity index (χ1n) is 9.85. The lowest BCUT2D eigenvalue weighted by Gasteiger charge is -2.36. The fourth-order valence-electron chi connectivity index (χ4n) is 3.76. The van der Waals surface area contributed by atoms with Crippen LogP contribution in [0.5, 0.6) is 0 Å². The van der Waals surface area contributed by atoms with E-state index in [2.05, 4.69) is 40.5 Å². The zero-order chi connectivity index (χ0) is 22.2. The number of nitrogens with two attached hydrogens (primary N) is 1. The van der Waals surface area contributed by atoms with E-state index in [1.54, 1.807) is 12.4 Å². The molecule has 4 aromatic rings. The van der Waals surface area contributed by atoms with E-state index < -0.39 is 11.7 Å². The summed E-state index contributed by atoms with van der Waals surface area (Å²) >= 11 is 0. The third kappa shape index (κ3) is 3.42. The molecule has 3 N–H and O–H groups in total. The van der Waals surface area contributed by atoms with Gasteiger partial charge in [0.1, 0.15) is 11.3 Å². The number of amides is 1. The van der Waals surface area contributed by atoms with Gasteiger partial charge in [0.2, 0.25) is 0 Å². The molecule has 0 unspecified atom stereocenters. The van der Waals surface area contributed by atoms with Crippen LogP contribution >= 0.6 is 0 Å². The molecule has 4 aromatic heterocycles. The number of aryl methyl sites for hydroxylation is 1. The molecule has 164 valence electrons. The highest BCUT2D eigenvalue weighted by Gasteiger charge is 2.25. The molecule has 1 amide bonds. The highest BCUT2D eigenvalue weighted by Crippen LogP contribution is 2.28. The highest BCUT2D eigenvalue weighted by atomic mass is 19.1. The Balaban J connectivity index is 1.36. The van der Waals surface area contributed by atoms with Gasteiger partial charge < -0.3 is 20.9 Å². The van der Waals surface area contributed by atoms with Gasteiger partial charge in [0.15, 0.2) is 23.1 Å². The number of piperazine rings is 1. The summed E-state index contributed by atoms with van der Waals surface area (Å²) in [6.45, 7) is 4.66. The van der Waals surface area contributed by atoms with E-state index in [0.717, 1.165) is 34.1 Å². The smallest absolute Gasteiger partial charge is 0.263 e. The maximum absolute atomic E-state index is 13.4. The molecule has 1 saturated heterocycles. The molecule has 5 rings (SSSR count). The maximum Gasteiger partial charge on any atom is 0.263 e. The Bertz CT molecular complexity index is 1290.